The second kappa shape index (κ2) is 7.82. The lowest BCUT2D eigenvalue weighted by atomic mass is 10.3. The number of halogens is 3. The Morgan fingerprint density at radius 2 is 1.74 bits per heavy atom. The molecule has 0 aliphatic heterocycles. The summed E-state index contributed by atoms with van der Waals surface area (Å²) in [7, 11) is -7.73. The van der Waals surface area contributed by atoms with Gasteiger partial charge < -0.3 is 4.74 Å². The van der Waals surface area contributed by atoms with Crippen molar-refractivity contribution >= 4 is 19.9 Å². The molecule has 0 bridgehead atoms. The zero-order valence-corrected chi connectivity index (χ0v) is 15.5. The van der Waals surface area contributed by atoms with Crippen LogP contribution in [0, 0.1) is 0 Å². The van der Waals surface area contributed by atoms with E-state index in [1.54, 1.807) is 0 Å². The van der Waals surface area contributed by atoms with Gasteiger partial charge in [-0.1, -0.05) is 12.1 Å². The van der Waals surface area contributed by atoms with E-state index in [0.717, 1.165) is 12.3 Å². The number of sulfone groups is 1. The normalized spacial score (nSPS) is 12.7. The van der Waals surface area contributed by atoms with Crippen molar-refractivity contribution in [3.8, 4) is 5.88 Å². The molecule has 0 radical (unpaired) electrons. The molecule has 1 N–H and O–H groups in total. The minimum Gasteiger partial charge on any atom is -0.468 e. The van der Waals surface area contributed by atoms with E-state index < -0.39 is 39.2 Å². The highest BCUT2D eigenvalue weighted by atomic mass is 32.2. The number of nitrogens with zero attached hydrogens (tertiary/aromatic N) is 1. The van der Waals surface area contributed by atoms with Gasteiger partial charge in [0.25, 0.3) is 0 Å². The van der Waals surface area contributed by atoms with Gasteiger partial charge in [0.05, 0.1) is 9.79 Å². The molecule has 1 heterocycles. The van der Waals surface area contributed by atoms with Gasteiger partial charge in [-0.3, -0.25) is 0 Å². The summed E-state index contributed by atoms with van der Waals surface area (Å²) >= 11 is 0. The van der Waals surface area contributed by atoms with Gasteiger partial charge >= 0.3 is 6.18 Å². The number of aromatic nitrogens is 1. The molecule has 1 aromatic carbocycles. The summed E-state index contributed by atoms with van der Waals surface area (Å²) in [5.41, 5.74) is 0.0876. The molecule has 0 saturated heterocycles. The van der Waals surface area contributed by atoms with Gasteiger partial charge in [-0.2, -0.15) is 13.2 Å². The van der Waals surface area contributed by atoms with Crippen LogP contribution in [-0.2, 0) is 26.4 Å². The van der Waals surface area contributed by atoms with Crippen LogP contribution in [0.3, 0.4) is 0 Å². The van der Waals surface area contributed by atoms with E-state index in [-0.39, 0.29) is 21.2 Å². The van der Waals surface area contributed by atoms with Gasteiger partial charge in [0.2, 0.25) is 15.9 Å². The molecular weight excluding hydrogens is 409 g/mol. The third-order valence-electron chi connectivity index (χ3n) is 3.22. The van der Waals surface area contributed by atoms with Gasteiger partial charge in [-0.25, -0.2) is 26.5 Å². The van der Waals surface area contributed by atoms with Crippen LogP contribution >= 0.6 is 0 Å². The molecule has 0 amide bonds. The molecule has 0 unspecified atom stereocenters. The van der Waals surface area contributed by atoms with Gasteiger partial charge in [0.1, 0.15) is 0 Å². The Kier molecular flexibility index (Phi) is 6.12. The van der Waals surface area contributed by atoms with Gasteiger partial charge in [-0.05, 0) is 24.3 Å². The Balaban J connectivity index is 2.19. The molecule has 0 spiro atoms. The predicted molar refractivity (Wildman–Crippen MR) is 89.4 cm³/mol. The first kappa shape index (κ1) is 21.1. The smallest absolute Gasteiger partial charge is 0.422 e. The Morgan fingerprint density at radius 1 is 1.07 bits per heavy atom. The minimum absolute atomic E-state index is 0.0876. The molecule has 148 valence electrons. The van der Waals surface area contributed by atoms with Crippen LogP contribution in [0.5, 0.6) is 5.88 Å². The number of ether oxygens (including phenoxy) is 1. The van der Waals surface area contributed by atoms with E-state index in [1.807, 2.05) is 0 Å². The van der Waals surface area contributed by atoms with E-state index in [2.05, 4.69) is 14.4 Å². The van der Waals surface area contributed by atoms with Crippen molar-refractivity contribution in [1.29, 1.82) is 0 Å². The fourth-order valence-corrected chi connectivity index (χ4v) is 3.76. The minimum atomic E-state index is -4.57. The number of pyridine rings is 1. The Morgan fingerprint density at radius 3 is 2.37 bits per heavy atom. The highest BCUT2D eigenvalue weighted by Gasteiger charge is 2.29. The van der Waals surface area contributed by atoms with Crippen molar-refractivity contribution in [3.05, 3.63) is 48.2 Å². The molecule has 0 fully saturated rings. The van der Waals surface area contributed by atoms with Crippen LogP contribution in [-0.4, -0.2) is 40.9 Å². The zero-order chi connectivity index (χ0) is 20.3. The monoisotopic (exact) mass is 424 g/mol. The molecule has 27 heavy (non-hydrogen) atoms. The van der Waals surface area contributed by atoms with Gasteiger partial charge in [0, 0.05) is 24.6 Å². The Labute approximate surface area is 154 Å². The van der Waals surface area contributed by atoms with Crippen LogP contribution < -0.4 is 9.46 Å². The van der Waals surface area contributed by atoms with Gasteiger partial charge in [0.15, 0.2) is 16.4 Å². The molecule has 1 aromatic heterocycles. The van der Waals surface area contributed by atoms with Crippen molar-refractivity contribution < 1.29 is 34.7 Å². The summed E-state index contributed by atoms with van der Waals surface area (Å²) in [6.45, 7) is -1.97. The predicted octanol–water partition coefficient (Wildman–Crippen LogP) is 1.90. The number of benzene rings is 1. The van der Waals surface area contributed by atoms with Crippen LogP contribution in [0.2, 0.25) is 0 Å². The highest BCUT2D eigenvalue weighted by Crippen LogP contribution is 2.21. The van der Waals surface area contributed by atoms with Crippen molar-refractivity contribution in [2.75, 3.05) is 12.9 Å². The number of nitrogens with one attached hydrogen (secondary N) is 1. The first-order valence-electron chi connectivity index (χ1n) is 7.32. The average Bonchev–Trinajstić information content (AvgIpc) is 2.57. The zero-order valence-electron chi connectivity index (χ0n) is 13.9. The van der Waals surface area contributed by atoms with E-state index in [9.17, 15) is 30.0 Å². The lowest BCUT2D eigenvalue weighted by Crippen LogP contribution is -2.25. The SMILES string of the molecule is CS(=O)(=O)c1cccc(S(=O)(=O)NCc2cccnc2OCC(F)(F)F)c1. The van der Waals surface area contributed by atoms with E-state index in [1.165, 1.54) is 36.5 Å². The number of hydrogen-bond donors (Lipinski definition) is 1. The van der Waals surface area contributed by atoms with Crippen LogP contribution in [0.4, 0.5) is 13.2 Å². The molecule has 2 rings (SSSR count). The second-order valence-corrected chi connectivity index (χ2v) is 9.23. The molecule has 0 atom stereocenters. The average molecular weight is 424 g/mol. The third-order valence-corrected chi connectivity index (χ3v) is 5.73. The lowest BCUT2D eigenvalue weighted by molar-refractivity contribution is -0.154. The molecule has 0 aliphatic rings. The van der Waals surface area contributed by atoms with E-state index in [0.29, 0.717) is 0 Å². The fraction of sp³-hybridized carbons (Fsp3) is 0.267. The maximum Gasteiger partial charge on any atom is 0.422 e. The molecular formula is C15H15F3N2O5S2. The van der Waals surface area contributed by atoms with E-state index in [4.69, 9.17) is 0 Å². The summed E-state index contributed by atoms with van der Waals surface area (Å²) in [6, 6.07) is 7.47. The number of sulfonamides is 1. The number of rotatable bonds is 7. The van der Waals surface area contributed by atoms with Crippen molar-refractivity contribution in [2.24, 2.45) is 0 Å². The first-order chi connectivity index (χ1) is 12.4. The fourth-order valence-electron chi connectivity index (χ4n) is 1.97. The third kappa shape index (κ3) is 6.19. The highest BCUT2D eigenvalue weighted by molar-refractivity contribution is 7.91. The van der Waals surface area contributed by atoms with Gasteiger partial charge in [-0.15, -0.1) is 0 Å². The molecule has 0 saturated carbocycles. The van der Waals surface area contributed by atoms with Crippen molar-refractivity contribution in [3.63, 3.8) is 0 Å². The molecule has 7 nitrogen and oxygen atoms in total. The van der Waals surface area contributed by atoms with Crippen LogP contribution in [0.25, 0.3) is 0 Å². The maximum atomic E-state index is 12.4. The van der Waals surface area contributed by atoms with Crippen LogP contribution in [0.15, 0.2) is 52.4 Å². The van der Waals surface area contributed by atoms with E-state index >= 15 is 0 Å². The Bertz CT molecular complexity index is 1020. The number of hydrogen-bond acceptors (Lipinski definition) is 6. The molecule has 2 aromatic rings. The Hall–Kier alpha value is -2.18. The summed E-state index contributed by atoms with van der Waals surface area (Å²) in [5.74, 6) is -0.359. The number of alkyl halides is 3. The molecule has 0 aliphatic carbocycles. The van der Waals surface area contributed by atoms with Crippen LogP contribution in [0.1, 0.15) is 5.56 Å². The first-order valence-corrected chi connectivity index (χ1v) is 10.7. The summed E-state index contributed by atoms with van der Waals surface area (Å²) in [5, 5.41) is 0. The quantitative estimate of drug-likeness (QED) is 0.729. The molecule has 12 heteroatoms. The summed E-state index contributed by atoms with van der Waals surface area (Å²) in [6.07, 6.45) is -2.42. The topological polar surface area (TPSA) is 102 Å². The largest absolute Gasteiger partial charge is 0.468 e. The second-order valence-electron chi connectivity index (χ2n) is 5.44. The lowest BCUT2D eigenvalue weighted by Gasteiger charge is -2.13. The van der Waals surface area contributed by atoms with Crippen molar-refractivity contribution in [1.82, 2.24) is 9.71 Å². The maximum absolute atomic E-state index is 12.4. The summed E-state index contributed by atoms with van der Waals surface area (Å²) < 4.78 is 91.5. The summed E-state index contributed by atoms with van der Waals surface area (Å²) in [4.78, 5) is 3.19. The standard InChI is InChI=1S/C15H15F3N2O5S2/c1-26(21,22)12-5-2-6-13(8-12)27(23,24)20-9-11-4-3-7-19-14(11)25-10-15(16,17)18/h2-8,20H,9-10H2,1H3. The van der Waals surface area contributed by atoms with Crippen molar-refractivity contribution in [2.45, 2.75) is 22.5 Å².